The van der Waals surface area contributed by atoms with Gasteiger partial charge >= 0.3 is 0 Å². The minimum Gasteiger partial charge on any atom is -0.337 e. The molecule has 4 fully saturated rings. The Morgan fingerprint density at radius 1 is 0.900 bits per heavy atom. The molecule has 2 aliphatic heterocycles. The molecule has 4 nitrogen and oxygen atoms in total. The first-order valence-corrected chi connectivity index (χ1v) is 8.35. The van der Waals surface area contributed by atoms with Crippen LogP contribution < -0.4 is 0 Å². The van der Waals surface area contributed by atoms with Gasteiger partial charge in [0.15, 0.2) is 0 Å². The summed E-state index contributed by atoms with van der Waals surface area (Å²) in [6.45, 7) is 1.46. The maximum atomic E-state index is 13.0. The Labute approximate surface area is 120 Å². The molecule has 0 bridgehead atoms. The average molecular weight is 276 g/mol. The van der Waals surface area contributed by atoms with Crippen LogP contribution >= 0.6 is 0 Å². The average Bonchev–Trinajstić information content (AvgIpc) is 3.34. The van der Waals surface area contributed by atoms with Crippen LogP contribution in [0.5, 0.6) is 0 Å². The third-order valence-corrected chi connectivity index (χ3v) is 5.53. The molecule has 2 saturated heterocycles. The molecule has 0 spiro atoms. The van der Waals surface area contributed by atoms with Crippen molar-refractivity contribution in [3.05, 3.63) is 0 Å². The van der Waals surface area contributed by atoms with Crippen LogP contribution in [0, 0.1) is 11.8 Å². The second-order valence-electron chi connectivity index (χ2n) is 7.05. The summed E-state index contributed by atoms with van der Waals surface area (Å²) in [4.78, 5) is 29.2. The van der Waals surface area contributed by atoms with E-state index in [0.717, 1.165) is 37.6 Å². The molecule has 2 amide bonds. The van der Waals surface area contributed by atoms with E-state index in [4.69, 9.17) is 0 Å². The van der Waals surface area contributed by atoms with E-state index >= 15 is 0 Å². The van der Waals surface area contributed by atoms with E-state index in [9.17, 15) is 9.59 Å². The number of carbonyl (C=O) groups excluding carboxylic acids is 2. The molecular weight excluding hydrogens is 252 g/mol. The van der Waals surface area contributed by atoms with Gasteiger partial charge in [-0.05, 0) is 56.8 Å². The van der Waals surface area contributed by atoms with E-state index in [0.29, 0.717) is 19.0 Å². The molecule has 4 aliphatic rings. The summed E-state index contributed by atoms with van der Waals surface area (Å²) in [5.41, 5.74) is 0. The van der Waals surface area contributed by atoms with Crippen molar-refractivity contribution in [2.45, 2.75) is 63.5 Å². The first-order chi connectivity index (χ1) is 9.75. The van der Waals surface area contributed by atoms with E-state index < -0.39 is 0 Å². The van der Waals surface area contributed by atoms with Gasteiger partial charge in [0.25, 0.3) is 0 Å². The molecule has 2 saturated carbocycles. The lowest BCUT2D eigenvalue weighted by Crippen LogP contribution is -2.52. The lowest BCUT2D eigenvalue weighted by molar-refractivity contribution is -0.144. The Morgan fingerprint density at radius 2 is 1.60 bits per heavy atom. The number of fused-ring (bicyclic) bond motifs is 1. The minimum atomic E-state index is -0.140. The molecule has 2 heterocycles. The summed E-state index contributed by atoms with van der Waals surface area (Å²) in [5, 5.41) is 0. The molecule has 20 heavy (non-hydrogen) atoms. The van der Waals surface area contributed by atoms with Crippen LogP contribution in [-0.4, -0.2) is 46.8 Å². The fourth-order valence-corrected chi connectivity index (χ4v) is 4.21. The Bertz CT molecular complexity index is 416. The van der Waals surface area contributed by atoms with Crippen molar-refractivity contribution in [3.8, 4) is 0 Å². The van der Waals surface area contributed by atoms with Crippen LogP contribution in [0.25, 0.3) is 0 Å². The zero-order valence-electron chi connectivity index (χ0n) is 12.1. The Balaban J connectivity index is 1.59. The van der Waals surface area contributed by atoms with Gasteiger partial charge < -0.3 is 9.80 Å². The highest BCUT2D eigenvalue weighted by molar-refractivity contribution is 5.90. The van der Waals surface area contributed by atoms with Crippen LogP contribution in [0.1, 0.15) is 51.4 Å². The molecule has 0 N–H and O–H groups in total. The zero-order chi connectivity index (χ0) is 13.7. The van der Waals surface area contributed by atoms with Gasteiger partial charge in [0, 0.05) is 25.6 Å². The molecule has 1 unspecified atom stereocenters. The third kappa shape index (κ3) is 2.13. The van der Waals surface area contributed by atoms with Gasteiger partial charge in [0.1, 0.15) is 6.04 Å². The molecule has 110 valence electrons. The van der Waals surface area contributed by atoms with Crippen molar-refractivity contribution in [2.24, 2.45) is 11.8 Å². The molecule has 0 aromatic heterocycles. The molecule has 0 aromatic carbocycles. The second kappa shape index (κ2) is 4.74. The maximum Gasteiger partial charge on any atom is 0.245 e. The number of amides is 2. The summed E-state index contributed by atoms with van der Waals surface area (Å²) >= 11 is 0. The largest absolute Gasteiger partial charge is 0.337 e. The van der Waals surface area contributed by atoms with Crippen molar-refractivity contribution < 1.29 is 9.59 Å². The van der Waals surface area contributed by atoms with E-state index in [1.807, 2.05) is 4.90 Å². The van der Waals surface area contributed by atoms with Gasteiger partial charge in [0.05, 0.1) is 0 Å². The number of hydrogen-bond donors (Lipinski definition) is 0. The third-order valence-electron chi connectivity index (χ3n) is 5.53. The van der Waals surface area contributed by atoms with Crippen molar-refractivity contribution >= 4 is 11.8 Å². The van der Waals surface area contributed by atoms with Crippen LogP contribution in [0.2, 0.25) is 0 Å². The van der Waals surface area contributed by atoms with Gasteiger partial charge in [-0.15, -0.1) is 0 Å². The number of carbonyl (C=O) groups is 2. The predicted molar refractivity (Wildman–Crippen MR) is 74.9 cm³/mol. The van der Waals surface area contributed by atoms with Gasteiger partial charge in [-0.25, -0.2) is 0 Å². The smallest absolute Gasteiger partial charge is 0.245 e. The van der Waals surface area contributed by atoms with E-state index in [-0.39, 0.29) is 17.9 Å². The summed E-state index contributed by atoms with van der Waals surface area (Å²) < 4.78 is 0. The van der Waals surface area contributed by atoms with Gasteiger partial charge in [-0.3, -0.25) is 9.59 Å². The van der Waals surface area contributed by atoms with E-state index in [2.05, 4.69) is 4.90 Å². The van der Waals surface area contributed by atoms with Crippen molar-refractivity contribution in [3.63, 3.8) is 0 Å². The first-order valence-electron chi connectivity index (χ1n) is 8.35. The standard InChI is InChI=1S/C16H24N2O2/c19-14-8-10-18(15(11-4-5-11)12-6-7-12)16(20)13-3-1-2-9-17(13)14/h11-13,15H,1-10H2. The summed E-state index contributed by atoms with van der Waals surface area (Å²) in [7, 11) is 0. The van der Waals surface area contributed by atoms with Gasteiger partial charge in [0.2, 0.25) is 11.8 Å². The van der Waals surface area contributed by atoms with Gasteiger partial charge in [-0.2, -0.15) is 0 Å². The Hall–Kier alpha value is -1.06. The Kier molecular flexibility index (Phi) is 3.00. The summed E-state index contributed by atoms with van der Waals surface area (Å²) in [6, 6.07) is 0.316. The monoisotopic (exact) mass is 276 g/mol. The minimum absolute atomic E-state index is 0.140. The molecule has 0 aromatic rings. The normalized spacial score (nSPS) is 31.6. The quantitative estimate of drug-likeness (QED) is 0.788. The van der Waals surface area contributed by atoms with Crippen molar-refractivity contribution in [2.75, 3.05) is 13.1 Å². The van der Waals surface area contributed by atoms with Gasteiger partial charge in [-0.1, -0.05) is 0 Å². The highest BCUT2D eigenvalue weighted by Crippen LogP contribution is 2.47. The molecule has 1 atom stereocenters. The van der Waals surface area contributed by atoms with Crippen molar-refractivity contribution in [1.82, 2.24) is 9.80 Å². The molecule has 2 aliphatic carbocycles. The number of piperidine rings is 1. The fourth-order valence-electron chi connectivity index (χ4n) is 4.21. The highest BCUT2D eigenvalue weighted by Gasteiger charge is 2.49. The topological polar surface area (TPSA) is 40.6 Å². The van der Waals surface area contributed by atoms with Crippen LogP contribution in [0.3, 0.4) is 0 Å². The van der Waals surface area contributed by atoms with E-state index in [1.54, 1.807) is 0 Å². The lowest BCUT2D eigenvalue weighted by atomic mass is 9.99. The van der Waals surface area contributed by atoms with Crippen molar-refractivity contribution in [1.29, 1.82) is 0 Å². The van der Waals surface area contributed by atoms with Crippen LogP contribution in [-0.2, 0) is 9.59 Å². The molecule has 4 rings (SSSR count). The molecule has 4 heteroatoms. The zero-order valence-corrected chi connectivity index (χ0v) is 12.1. The van der Waals surface area contributed by atoms with E-state index in [1.165, 1.54) is 25.7 Å². The molecule has 0 radical (unpaired) electrons. The predicted octanol–water partition coefficient (Wildman–Crippen LogP) is 1.79. The SMILES string of the molecule is O=C1CCN(C(C2CC2)C2CC2)C(=O)C2CCCCN12. The lowest BCUT2D eigenvalue weighted by Gasteiger charge is -2.37. The fraction of sp³-hybridized carbons (Fsp3) is 0.875. The Morgan fingerprint density at radius 3 is 2.25 bits per heavy atom. The second-order valence-corrected chi connectivity index (χ2v) is 7.05. The number of nitrogens with zero attached hydrogens (tertiary/aromatic N) is 2. The molecular formula is C16H24N2O2. The number of rotatable bonds is 3. The first kappa shape index (κ1) is 12.7. The van der Waals surface area contributed by atoms with Crippen LogP contribution in [0.4, 0.5) is 0 Å². The van der Waals surface area contributed by atoms with Crippen LogP contribution in [0.15, 0.2) is 0 Å². The maximum absolute atomic E-state index is 13.0. The highest BCUT2D eigenvalue weighted by atomic mass is 16.2. The summed E-state index contributed by atoms with van der Waals surface area (Å²) in [6.07, 6.45) is 8.71. The number of hydrogen-bond acceptors (Lipinski definition) is 2. The summed E-state index contributed by atoms with van der Waals surface area (Å²) in [5.74, 6) is 1.93.